The van der Waals surface area contributed by atoms with Crippen LogP contribution in [0.4, 0.5) is 11.4 Å². The zero-order valence-electron chi connectivity index (χ0n) is 27.6. The summed E-state index contributed by atoms with van der Waals surface area (Å²) >= 11 is 0. The zero-order chi connectivity index (χ0) is 33.5. The molecule has 0 aromatic heterocycles. The van der Waals surface area contributed by atoms with Gasteiger partial charge in [-0.3, -0.25) is 14.4 Å². The van der Waals surface area contributed by atoms with Crippen molar-refractivity contribution in [3.63, 3.8) is 0 Å². The molecule has 7 rings (SSSR count). The fraction of sp³-hybridized carbons (Fsp3) is 0.410. The lowest BCUT2D eigenvalue weighted by Gasteiger charge is -2.37. The molecule has 4 aliphatic rings. The van der Waals surface area contributed by atoms with Crippen molar-refractivity contribution in [3.8, 4) is 5.75 Å². The number of rotatable bonds is 10. The number of carbonyl (C=O) groups is 3. The molecule has 1 spiro atoms. The summed E-state index contributed by atoms with van der Waals surface area (Å²) < 4.78 is 12.6. The number of ether oxygens (including phenoxy) is 2. The molecule has 3 aromatic rings. The molecule has 1 unspecified atom stereocenters. The molecule has 3 aromatic carbocycles. The summed E-state index contributed by atoms with van der Waals surface area (Å²) in [6, 6.07) is 20.4. The Labute approximate surface area is 281 Å². The Hall–Kier alpha value is -4.47. The van der Waals surface area contributed by atoms with E-state index in [1.807, 2.05) is 105 Å². The van der Waals surface area contributed by atoms with E-state index in [4.69, 9.17) is 9.47 Å². The number of aliphatic hydroxyl groups excluding tert-OH is 1. The number of amides is 3. The number of hydrogen-bond donors (Lipinski definition) is 1. The van der Waals surface area contributed by atoms with E-state index in [-0.39, 0.29) is 24.3 Å². The molecule has 4 aliphatic heterocycles. The van der Waals surface area contributed by atoms with Gasteiger partial charge in [-0.05, 0) is 73.9 Å². The van der Waals surface area contributed by atoms with E-state index < -0.39 is 29.1 Å². The fourth-order valence-corrected chi connectivity index (χ4v) is 8.21. The van der Waals surface area contributed by atoms with Crippen LogP contribution in [0.5, 0.6) is 5.75 Å². The summed E-state index contributed by atoms with van der Waals surface area (Å²) in [5.74, 6) is -1.68. The molecule has 9 nitrogen and oxygen atoms in total. The average molecular weight is 650 g/mol. The highest BCUT2D eigenvalue weighted by molar-refractivity contribution is 6.08. The third-order valence-electron chi connectivity index (χ3n) is 10.4. The van der Waals surface area contributed by atoms with Crippen molar-refractivity contribution in [2.24, 2.45) is 11.8 Å². The van der Waals surface area contributed by atoms with Crippen LogP contribution in [0.25, 0.3) is 10.8 Å². The van der Waals surface area contributed by atoms with E-state index in [0.29, 0.717) is 50.5 Å². The van der Waals surface area contributed by atoms with Gasteiger partial charge in [-0.15, -0.1) is 0 Å². The van der Waals surface area contributed by atoms with Crippen LogP contribution in [-0.2, 0) is 19.1 Å². The average Bonchev–Trinajstić information content (AvgIpc) is 3.35. The summed E-state index contributed by atoms with van der Waals surface area (Å²) in [6.45, 7) is 5.46. The first-order valence-electron chi connectivity index (χ1n) is 17.1. The second-order valence-corrected chi connectivity index (χ2v) is 13.3. The van der Waals surface area contributed by atoms with Crippen molar-refractivity contribution in [1.82, 2.24) is 4.90 Å². The van der Waals surface area contributed by atoms with Gasteiger partial charge in [-0.2, -0.15) is 0 Å². The van der Waals surface area contributed by atoms with Crippen molar-refractivity contribution in [2.45, 2.75) is 56.8 Å². The summed E-state index contributed by atoms with van der Waals surface area (Å²) in [5, 5.41) is 11.4. The Morgan fingerprint density at radius 1 is 0.792 bits per heavy atom. The van der Waals surface area contributed by atoms with Gasteiger partial charge in [0.15, 0.2) is 0 Å². The maximum absolute atomic E-state index is 14.9. The Kier molecular flexibility index (Phi) is 8.60. The Balaban J connectivity index is 1.27. The van der Waals surface area contributed by atoms with Crippen LogP contribution < -0.4 is 14.5 Å². The third kappa shape index (κ3) is 5.29. The minimum Gasteiger partial charge on any atom is -0.494 e. The summed E-state index contributed by atoms with van der Waals surface area (Å²) in [4.78, 5) is 49.4. The largest absolute Gasteiger partial charge is 0.494 e. The lowest BCUT2D eigenvalue weighted by Crippen LogP contribution is -2.56. The van der Waals surface area contributed by atoms with E-state index in [1.54, 1.807) is 14.7 Å². The number of nitrogens with zero attached hydrogens (tertiary/aromatic N) is 3. The van der Waals surface area contributed by atoms with E-state index in [9.17, 15) is 19.5 Å². The van der Waals surface area contributed by atoms with Crippen LogP contribution in [0.15, 0.2) is 91.0 Å². The van der Waals surface area contributed by atoms with Gasteiger partial charge in [-0.1, -0.05) is 67.5 Å². The van der Waals surface area contributed by atoms with Crippen molar-refractivity contribution in [3.05, 3.63) is 91.0 Å². The van der Waals surface area contributed by atoms with Crippen LogP contribution >= 0.6 is 0 Å². The smallest absolute Gasteiger partial charge is 0.253 e. The van der Waals surface area contributed by atoms with Gasteiger partial charge in [0.25, 0.3) is 5.91 Å². The Bertz CT molecular complexity index is 1770. The molecule has 2 saturated heterocycles. The number of benzene rings is 3. The maximum Gasteiger partial charge on any atom is 0.253 e. The molecule has 2 fully saturated rings. The molecular formula is C39H43N3O6. The quantitative estimate of drug-likeness (QED) is 0.238. The summed E-state index contributed by atoms with van der Waals surface area (Å²) in [5.41, 5.74) is -0.983. The van der Waals surface area contributed by atoms with Crippen molar-refractivity contribution < 1.29 is 29.0 Å². The van der Waals surface area contributed by atoms with Crippen LogP contribution in [0.3, 0.4) is 0 Å². The number of fused-ring (bicyclic) bond motifs is 3. The maximum atomic E-state index is 14.9. The topological polar surface area (TPSA) is 99.6 Å². The number of aliphatic hydroxyl groups is 1. The van der Waals surface area contributed by atoms with Gasteiger partial charge in [0.05, 0.1) is 24.0 Å². The summed E-state index contributed by atoms with van der Waals surface area (Å²) in [7, 11) is 0. The van der Waals surface area contributed by atoms with Crippen LogP contribution in [-0.4, -0.2) is 77.8 Å². The molecule has 5 atom stereocenters. The highest BCUT2D eigenvalue weighted by Crippen LogP contribution is 2.57. The van der Waals surface area contributed by atoms with Crippen LogP contribution in [0.2, 0.25) is 0 Å². The molecule has 9 heteroatoms. The third-order valence-corrected chi connectivity index (χ3v) is 10.4. The lowest BCUT2D eigenvalue weighted by atomic mass is 9.74. The SMILES string of the molecule is CCOc1ccc(N2CC=C[C@@]3(C)O[C@]45C=CCN(c6ccc7ccccc7c6)C(=O)C4N(CCCCCCO)C(=O)[C@@H]5[C@H]3C2=O)cc1. The second-order valence-electron chi connectivity index (χ2n) is 13.3. The highest BCUT2D eigenvalue weighted by Gasteiger charge is 2.74. The van der Waals surface area contributed by atoms with Crippen molar-refractivity contribution in [2.75, 3.05) is 42.6 Å². The van der Waals surface area contributed by atoms with E-state index in [0.717, 1.165) is 29.3 Å². The predicted octanol–water partition coefficient (Wildman–Crippen LogP) is 5.27. The number of unbranched alkanes of at least 4 members (excludes halogenated alkanes) is 3. The zero-order valence-corrected chi connectivity index (χ0v) is 27.6. The minimum absolute atomic E-state index is 0.120. The molecule has 0 radical (unpaired) electrons. The monoisotopic (exact) mass is 649 g/mol. The minimum atomic E-state index is -1.33. The number of likely N-dealkylation sites (tertiary alicyclic amines) is 1. The Morgan fingerprint density at radius 2 is 1.48 bits per heavy atom. The van der Waals surface area contributed by atoms with Gasteiger partial charge >= 0.3 is 0 Å². The first kappa shape index (κ1) is 32.1. The summed E-state index contributed by atoms with van der Waals surface area (Å²) in [6.07, 6.45) is 10.6. The molecule has 0 aliphatic carbocycles. The van der Waals surface area contributed by atoms with E-state index in [2.05, 4.69) is 0 Å². The number of carbonyl (C=O) groups excluding carboxylic acids is 3. The van der Waals surface area contributed by atoms with Gasteiger partial charge in [0.2, 0.25) is 11.8 Å². The Morgan fingerprint density at radius 3 is 2.23 bits per heavy atom. The van der Waals surface area contributed by atoms with Gasteiger partial charge in [0.1, 0.15) is 17.4 Å². The molecule has 1 N–H and O–H groups in total. The first-order chi connectivity index (χ1) is 23.3. The van der Waals surface area contributed by atoms with Gasteiger partial charge in [0, 0.05) is 37.6 Å². The van der Waals surface area contributed by atoms with Crippen LogP contribution in [0.1, 0.15) is 39.5 Å². The molecule has 0 bridgehead atoms. The van der Waals surface area contributed by atoms with Gasteiger partial charge in [-0.25, -0.2) is 0 Å². The highest BCUT2D eigenvalue weighted by atomic mass is 16.5. The molecule has 3 amide bonds. The predicted molar refractivity (Wildman–Crippen MR) is 185 cm³/mol. The van der Waals surface area contributed by atoms with Crippen LogP contribution in [0, 0.1) is 11.8 Å². The fourth-order valence-electron chi connectivity index (χ4n) is 8.21. The second kappa shape index (κ2) is 12.9. The van der Waals surface area contributed by atoms with Crippen molar-refractivity contribution in [1.29, 1.82) is 0 Å². The number of anilines is 2. The molecular weight excluding hydrogens is 606 g/mol. The molecule has 250 valence electrons. The van der Waals surface area contributed by atoms with Gasteiger partial charge < -0.3 is 29.3 Å². The normalized spacial score (nSPS) is 28.0. The molecule has 0 saturated carbocycles. The molecule has 48 heavy (non-hydrogen) atoms. The van der Waals surface area contributed by atoms with E-state index in [1.165, 1.54) is 0 Å². The number of hydrogen-bond acceptors (Lipinski definition) is 6. The first-order valence-corrected chi connectivity index (χ1v) is 17.1. The van der Waals surface area contributed by atoms with Crippen molar-refractivity contribution >= 4 is 39.9 Å². The molecule has 4 heterocycles. The van der Waals surface area contributed by atoms with E-state index >= 15 is 0 Å². The standard InChI is InChI=1S/C39H43N3O6/c1-3-47-31-18-16-29(17-19-31)40-23-10-20-38(2)32(35(40)44)33-36(45)42(22-8-4-5-9-25-43)34-37(46)41(24-11-21-39(33,34)48-38)30-15-14-27-12-6-7-13-28(27)26-30/h6-7,10-21,26,32-34,43H,3-5,8-9,22-25H2,1-2H3/t32-,33-,34?,38+,39-/m0/s1. The lowest BCUT2D eigenvalue weighted by molar-refractivity contribution is -0.144.